The average molecular weight is 355 g/mol. The van der Waals surface area contributed by atoms with Crippen molar-refractivity contribution in [3.05, 3.63) is 45.5 Å². The fourth-order valence-corrected chi connectivity index (χ4v) is 2.82. The average Bonchev–Trinajstić information content (AvgIpc) is 2.98. The fourth-order valence-electron chi connectivity index (χ4n) is 2.82. The molecule has 1 N–H and O–H groups in total. The zero-order valence-corrected chi connectivity index (χ0v) is 15.3. The van der Waals surface area contributed by atoms with Gasteiger partial charge in [-0.05, 0) is 51.0 Å². The Balaban J connectivity index is 2.21. The maximum Gasteiger partial charge on any atom is 0.311 e. The lowest BCUT2D eigenvalue weighted by atomic mass is 10.1. The lowest BCUT2D eigenvalue weighted by Crippen LogP contribution is -2.01. The highest BCUT2D eigenvalue weighted by Gasteiger charge is 2.23. The zero-order valence-electron chi connectivity index (χ0n) is 15.3. The minimum Gasteiger partial charge on any atom is -0.493 e. The lowest BCUT2D eigenvalue weighted by molar-refractivity contribution is -0.385. The molecule has 0 atom stereocenters. The molecule has 0 saturated heterocycles. The Morgan fingerprint density at radius 2 is 1.69 bits per heavy atom. The number of imidazole rings is 1. The van der Waals surface area contributed by atoms with Crippen molar-refractivity contribution >= 4 is 16.7 Å². The molecule has 1 heterocycles. The van der Waals surface area contributed by atoms with Crippen molar-refractivity contribution in [1.29, 1.82) is 0 Å². The number of hydrogen-bond donors (Lipinski definition) is 1. The molecule has 3 aromatic rings. The predicted molar refractivity (Wildman–Crippen MR) is 100.0 cm³/mol. The van der Waals surface area contributed by atoms with Crippen LogP contribution in [0.15, 0.2) is 24.3 Å². The smallest absolute Gasteiger partial charge is 0.311 e. The lowest BCUT2D eigenvalue weighted by Gasteiger charge is -2.11. The number of nitrogens with one attached hydrogen (secondary N) is 1. The first-order valence-corrected chi connectivity index (χ1v) is 8.50. The van der Waals surface area contributed by atoms with Crippen LogP contribution in [-0.4, -0.2) is 28.1 Å². The second-order valence-corrected chi connectivity index (χ2v) is 5.98. The highest BCUT2D eigenvalue weighted by atomic mass is 16.6. The number of nitrogens with zero attached hydrogens (tertiary/aromatic N) is 2. The van der Waals surface area contributed by atoms with Gasteiger partial charge in [0.05, 0.1) is 34.7 Å². The number of benzene rings is 2. The van der Waals surface area contributed by atoms with Crippen molar-refractivity contribution in [2.45, 2.75) is 27.7 Å². The summed E-state index contributed by atoms with van der Waals surface area (Å²) in [6.45, 7) is 8.45. The van der Waals surface area contributed by atoms with E-state index >= 15 is 0 Å². The number of H-pyrrole nitrogens is 1. The van der Waals surface area contributed by atoms with Crippen LogP contribution in [0.5, 0.6) is 11.5 Å². The van der Waals surface area contributed by atoms with Crippen molar-refractivity contribution in [3.8, 4) is 22.9 Å². The number of aromatic amines is 1. The summed E-state index contributed by atoms with van der Waals surface area (Å²) in [6.07, 6.45) is 0. The molecule has 0 amide bonds. The van der Waals surface area contributed by atoms with E-state index in [0.29, 0.717) is 30.4 Å². The molecule has 0 aliphatic rings. The summed E-state index contributed by atoms with van der Waals surface area (Å²) >= 11 is 0. The van der Waals surface area contributed by atoms with E-state index in [-0.39, 0.29) is 11.4 Å². The first kappa shape index (κ1) is 17.7. The molecule has 0 saturated carbocycles. The Kier molecular flexibility index (Phi) is 4.79. The largest absolute Gasteiger partial charge is 0.493 e. The van der Waals surface area contributed by atoms with Crippen LogP contribution >= 0.6 is 0 Å². The Morgan fingerprint density at radius 3 is 2.35 bits per heavy atom. The molecule has 2 aromatic carbocycles. The Morgan fingerprint density at radius 1 is 1.04 bits per heavy atom. The van der Waals surface area contributed by atoms with Gasteiger partial charge in [0.2, 0.25) is 5.75 Å². The molecular weight excluding hydrogens is 334 g/mol. The normalized spacial score (nSPS) is 10.9. The molecule has 7 heteroatoms. The molecule has 7 nitrogen and oxygen atoms in total. The molecule has 0 aliphatic carbocycles. The molecule has 0 spiro atoms. The molecule has 0 unspecified atom stereocenters. The number of aryl methyl sites for hydroxylation is 2. The van der Waals surface area contributed by atoms with Gasteiger partial charge in [-0.1, -0.05) is 0 Å². The molecule has 0 bridgehead atoms. The quantitative estimate of drug-likeness (QED) is 0.517. The van der Waals surface area contributed by atoms with Crippen molar-refractivity contribution < 1.29 is 14.4 Å². The van der Waals surface area contributed by atoms with E-state index in [0.717, 1.165) is 22.2 Å². The van der Waals surface area contributed by atoms with Gasteiger partial charge in [0, 0.05) is 12.1 Å². The molecular formula is C19H21N3O4. The number of rotatable bonds is 6. The van der Waals surface area contributed by atoms with Gasteiger partial charge in [0.1, 0.15) is 11.6 Å². The predicted octanol–water partition coefficient (Wildman–Crippen LogP) is 4.55. The summed E-state index contributed by atoms with van der Waals surface area (Å²) in [6, 6.07) is 7.02. The van der Waals surface area contributed by atoms with E-state index in [1.165, 1.54) is 6.07 Å². The molecule has 0 radical (unpaired) electrons. The van der Waals surface area contributed by atoms with Gasteiger partial charge >= 0.3 is 5.69 Å². The van der Waals surface area contributed by atoms with Crippen LogP contribution in [0.1, 0.15) is 25.0 Å². The highest BCUT2D eigenvalue weighted by molar-refractivity contribution is 5.83. The monoisotopic (exact) mass is 355 g/mol. The summed E-state index contributed by atoms with van der Waals surface area (Å²) in [5.74, 6) is 1.21. The van der Waals surface area contributed by atoms with E-state index < -0.39 is 4.92 Å². The SMILES string of the molecule is CCOc1cc(OCC)c([N+](=O)[O-])cc1-c1nc2cc(C)c(C)cc2[nH]1. The van der Waals surface area contributed by atoms with E-state index in [9.17, 15) is 10.1 Å². The van der Waals surface area contributed by atoms with Gasteiger partial charge in [-0.25, -0.2) is 4.98 Å². The maximum absolute atomic E-state index is 11.5. The highest BCUT2D eigenvalue weighted by Crippen LogP contribution is 2.39. The van der Waals surface area contributed by atoms with Crippen molar-refractivity contribution in [3.63, 3.8) is 0 Å². The minimum atomic E-state index is -0.457. The van der Waals surface area contributed by atoms with Gasteiger partial charge in [0.25, 0.3) is 0 Å². The van der Waals surface area contributed by atoms with Crippen molar-refractivity contribution in [2.24, 2.45) is 0 Å². The number of nitro benzene ring substituents is 1. The van der Waals surface area contributed by atoms with Crippen molar-refractivity contribution in [1.82, 2.24) is 9.97 Å². The van der Waals surface area contributed by atoms with Crippen LogP contribution in [0.3, 0.4) is 0 Å². The second kappa shape index (κ2) is 7.03. The second-order valence-electron chi connectivity index (χ2n) is 5.98. The summed E-state index contributed by atoms with van der Waals surface area (Å²) in [5.41, 5.74) is 4.39. The summed E-state index contributed by atoms with van der Waals surface area (Å²) in [5, 5.41) is 11.5. The Bertz CT molecular complexity index is 940. The first-order valence-electron chi connectivity index (χ1n) is 8.50. The van der Waals surface area contributed by atoms with Crippen LogP contribution < -0.4 is 9.47 Å². The minimum absolute atomic E-state index is 0.113. The number of nitro groups is 1. The number of aromatic nitrogens is 2. The van der Waals surface area contributed by atoms with Crippen LogP contribution in [-0.2, 0) is 0 Å². The third-order valence-electron chi connectivity index (χ3n) is 4.21. The molecule has 0 aliphatic heterocycles. The van der Waals surface area contributed by atoms with Crippen LogP contribution in [0, 0.1) is 24.0 Å². The molecule has 26 heavy (non-hydrogen) atoms. The van der Waals surface area contributed by atoms with Gasteiger partial charge in [-0.2, -0.15) is 0 Å². The van der Waals surface area contributed by atoms with Gasteiger partial charge in [-0.3, -0.25) is 10.1 Å². The summed E-state index contributed by atoms with van der Waals surface area (Å²) < 4.78 is 11.1. The molecule has 1 aromatic heterocycles. The van der Waals surface area contributed by atoms with Gasteiger partial charge in [0.15, 0.2) is 0 Å². The topological polar surface area (TPSA) is 90.3 Å². The number of hydrogen-bond acceptors (Lipinski definition) is 5. The third-order valence-corrected chi connectivity index (χ3v) is 4.21. The van der Waals surface area contributed by atoms with E-state index in [4.69, 9.17) is 9.47 Å². The standard InChI is InChI=1S/C19H21N3O4/c1-5-25-17-10-18(26-6-2)16(22(23)24)9-13(17)19-20-14-7-11(3)12(4)8-15(14)21-19/h7-10H,5-6H2,1-4H3,(H,20,21). The summed E-state index contributed by atoms with van der Waals surface area (Å²) in [4.78, 5) is 18.9. The zero-order chi connectivity index (χ0) is 18.8. The molecule has 136 valence electrons. The Hall–Kier alpha value is -3.09. The molecule has 3 rings (SSSR count). The van der Waals surface area contributed by atoms with E-state index in [1.807, 2.05) is 32.9 Å². The summed E-state index contributed by atoms with van der Waals surface area (Å²) in [7, 11) is 0. The van der Waals surface area contributed by atoms with Crippen LogP contribution in [0.25, 0.3) is 22.4 Å². The number of ether oxygens (including phenoxy) is 2. The molecule has 0 fully saturated rings. The first-order chi connectivity index (χ1) is 12.4. The van der Waals surface area contributed by atoms with Gasteiger partial charge in [-0.15, -0.1) is 0 Å². The van der Waals surface area contributed by atoms with Crippen molar-refractivity contribution in [2.75, 3.05) is 13.2 Å². The Labute approximate surface area is 151 Å². The number of fused-ring (bicyclic) bond motifs is 1. The third kappa shape index (κ3) is 3.20. The maximum atomic E-state index is 11.5. The van der Waals surface area contributed by atoms with Crippen LogP contribution in [0.4, 0.5) is 5.69 Å². The van der Waals surface area contributed by atoms with E-state index in [1.54, 1.807) is 13.0 Å². The fraction of sp³-hybridized carbons (Fsp3) is 0.316. The van der Waals surface area contributed by atoms with Gasteiger partial charge < -0.3 is 14.5 Å². The van der Waals surface area contributed by atoms with Crippen LogP contribution in [0.2, 0.25) is 0 Å². The van der Waals surface area contributed by atoms with E-state index in [2.05, 4.69) is 9.97 Å².